The van der Waals surface area contributed by atoms with E-state index in [0.717, 1.165) is 5.75 Å². The molecule has 0 atom stereocenters. The Morgan fingerprint density at radius 3 is 1.65 bits per heavy atom. The van der Waals surface area contributed by atoms with E-state index < -0.39 is 0 Å². The lowest BCUT2D eigenvalue weighted by Gasteiger charge is -2.02. The molecule has 0 aromatic carbocycles. The maximum atomic E-state index is 8.61. The lowest BCUT2D eigenvalue weighted by molar-refractivity contribution is 0.323. The Hall–Kier alpha value is 0.660. The van der Waals surface area contributed by atoms with Gasteiger partial charge in [0.05, 0.1) is 6.61 Å². The summed E-state index contributed by atoms with van der Waals surface area (Å²) in [4.78, 5) is 0. The largest absolute Gasteiger partial charge is 0.395 e. The van der Waals surface area contributed by atoms with Gasteiger partial charge >= 0.3 is 0 Å². The minimum absolute atomic E-state index is 0.315. The second kappa shape index (κ2) is 16.7. The van der Waals surface area contributed by atoms with Gasteiger partial charge in [0.25, 0.3) is 0 Å². The molecule has 0 aliphatic rings. The van der Waals surface area contributed by atoms with Crippen molar-refractivity contribution in [2.75, 3.05) is 18.1 Å². The summed E-state index contributed by atoms with van der Waals surface area (Å²) in [6, 6.07) is 0. The third-order valence-corrected chi connectivity index (χ3v) is 5.31. The molecule has 0 saturated carbocycles. The highest BCUT2D eigenvalue weighted by atomic mass is 33.1. The van der Waals surface area contributed by atoms with E-state index in [-0.39, 0.29) is 0 Å². The van der Waals surface area contributed by atoms with Gasteiger partial charge in [0, 0.05) is 11.5 Å². The van der Waals surface area contributed by atoms with Crippen LogP contribution in [0.5, 0.6) is 0 Å². The monoisotopic (exact) mass is 278 g/mol. The van der Waals surface area contributed by atoms with Gasteiger partial charge < -0.3 is 5.11 Å². The lowest BCUT2D eigenvalue weighted by atomic mass is 10.1. The number of aliphatic hydroxyl groups is 1. The van der Waals surface area contributed by atoms with Crippen molar-refractivity contribution in [2.45, 2.75) is 71.1 Å². The molecule has 1 N–H and O–H groups in total. The highest BCUT2D eigenvalue weighted by molar-refractivity contribution is 8.76. The molecule has 0 unspecified atom stereocenters. The SMILES string of the molecule is CCCCCCCCCCCCSSCCO. The number of aliphatic hydroxyl groups excluding tert-OH is 1. The smallest absolute Gasteiger partial charge is 0.0530 e. The van der Waals surface area contributed by atoms with E-state index in [0.29, 0.717) is 6.61 Å². The molecule has 3 heteroatoms. The second-order valence-corrected chi connectivity index (χ2v) is 7.25. The highest BCUT2D eigenvalue weighted by Crippen LogP contribution is 2.22. The van der Waals surface area contributed by atoms with Crippen LogP contribution in [0.3, 0.4) is 0 Å². The quantitative estimate of drug-likeness (QED) is 0.345. The summed E-state index contributed by atoms with van der Waals surface area (Å²) in [6.45, 7) is 2.59. The molecule has 0 radical (unpaired) electrons. The molecule has 0 amide bonds. The van der Waals surface area contributed by atoms with Crippen LogP contribution >= 0.6 is 21.6 Å². The van der Waals surface area contributed by atoms with Gasteiger partial charge in [0.15, 0.2) is 0 Å². The molecule has 0 bridgehead atoms. The summed E-state index contributed by atoms with van der Waals surface area (Å²) in [5.41, 5.74) is 0. The fourth-order valence-electron chi connectivity index (χ4n) is 1.80. The Kier molecular flexibility index (Phi) is 17.3. The average Bonchev–Trinajstić information content (AvgIpc) is 2.35. The van der Waals surface area contributed by atoms with Crippen molar-refractivity contribution in [3.8, 4) is 0 Å². The molecule has 0 aliphatic carbocycles. The first-order chi connectivity index (χ1) is 8.41. The van der Waals surface area contributed by atoms with Crippen molar-refractivity contribution in [1.29, 1.82) is 0 Å². The first-order valence-electron chi connectivity index (χ1n) is 7.27. The topological polar surface area (TPSA) is 20.2 Å². The molecule has 0 spiro atoms. The van der Waals surface area contributed by atoms with Crippen molar-refractivity contribution in [1.82, 2.24) is 0 Å². The molecule has 0 fully saturated rings. The van der Waals surface area contributed by atoms with Gasteiger partial charge in [-0.05, 0) is 6.42 Å². The van der Waals surface area contributed by atoms with E-state index in [9.17, 15) is 0 Å². The van der Waals surface area contributed by atoms with Gasteiger partial charge in [-0.1, -0.05) is 86.3 Å². The van der Waals surface area contributed by atoms with E-state index >= 15 is 0 Å². The normalized spacial score (nSPS) is 10.9. The first-order valence-corrected chi connectivity index (χ1v) is 9.76. The third-order valence-electron chi connectivity index (χ3n) is 2.84. The van der Waals surface area contributed by atoms with Crippen LogP contribution in [-0.4, -0.2) is 23.2 Å². The first kappa shape index (κ1) is 17.7. The number of hydrogen-bond donors (Lipinski definition) is 1. The van der Waals surface area contributed by atoms with Crippen LogP contribution in [0.2, 0.25) is 0 Å². The Morgan fingerprint density at radius 2 is 1.12 bits per heavy atom. The molecule has 0 aliphatic heterocycles. The second-order valence-electron chi connectivity index (χ2n) is 4.55. The van der Waals surface area contributed by atoms with Gasteiger partial charge in [-0.25, -0.2) is 0 Å². The molecule has 17 heavy (non-hydrogen) atoms. The number of unbranched alkanes of at least 4 members (excludes halogenated alkanes) is 9. The molecular formula is C14H30OS2. The molecule has 0 aromatic rings. The zero-order chi connectivity index (χ0) is 12.6. The van der Waals surface area contributed by atoms with Crippen molar-refractivity contribution >= 4 is 21.6 Å². The summed E-state index contributed by atoms with van der Waals surface area (Å²) in [7, 11) is 3.71. The maximum Gasteiger partial charge on any atom is 0.0530 e. The van der Waals surface area contributed by atoms with E-state index in [1.807, 2.05) is 10.8 Å². The van der Waals surface area contributed by atoms with Crippen molar-refractivity contribution in [3.05, 3.63) is 0 Å². The Balaban J connectivity index is 2.85. The average molecular weight is 279 g/mol. The lowest BCUT2D eigenvalue weighted by Crippen LogP contribution is -1.85. The molecule has 0 heterocycles. The van der Waals surface area contributed by atoms with Crippen LogP contribution in [0.1, 0.15) is 71.1 Å². The standard InChI is InChI=1S/C14H30OS2/c1-2-3-4-5-6-7-8-9-10-11-13-16-17-14-12-15/h15H,2-14H2,1H3. The van der Waals surface area contributed by atoms with Crippen LogP contribution in [-0.2, 0) is 0 Å². The van der Waals surface area contributed by atoms with Crippen molar-refractivity contribution in [3.63, 3.8) is 0 Å². The molecule has 1 nitrogen and oxygen atoms in total. The van der Waals surface area contributed by atoms with Crippen LogP contribution in [0.15, 0.2) is 0 Å². The fraction of sp³-hybridized carbons (Fsp3) is 1.00. The summed E-state index contributed by atoms with van der Waals surface area (Å²) < 4.78 is 0. The van der Waals surface area contributed by atoms with Gasteiger partial charge in [0.1, 0.15) is 0 Å². The van der Waals surface area contributed by atoms with E-state index in [1.54, 1.807) is 10.8 Å². The zero-order valence-corrected chi connectivity index (χ0v) is 13.1. The predicted octanol–water partition coefficient (Wildman–Crippen LogP) is 5.28. The van der Waals surface area contributed by atoms with Crippen molar-refractivity contribution in [2.24, 2.45) is 0 Å². The summed E-state index contributed by atoms with van der Waals surface area (Å²) >= 11 is 0. The Bertz CT molecular complexity index is 117. The Morgan fingerprint density at radius 1 is 0.647 bits per heavy atom. The zero-order valence-electron chi connectivity index (χ0n) is 11.5. The molecule has 0 saturated heterocycles. The van der Waals surface area contributed by atoms with Crippen LogP contribution in [0.4, 0.5) is 0 Å². The maximum absolute atomic E-state index is 8.61. The van der Waals surface area contributed by atoms with Crippen LogP contribution in [0, 0.1) is 0 Å². The summed E-state index contributed by atoms with van der Waals surface area (Å²) in [5.74, 6) is 2.13. The molecular weight excluding hydrogens is 248 g/mol. The van der Waals surface area contributed by atoms with Gasteiger partial charge in [-0.2, -0.15) is 0 Å². The minimum Gasteiger partial charge on any atom is -0.395 e. The van der Waals surface area contributed by atoms with Crippen LogP contribution in [0.25, 0.3) is 0 Å². The van der Waals surface area contributed by atoms with Gasteiger partial charge in [-0.15, -0.1) is 0 Å². The molecule has 0 rings (SSSR count). The minimum atomic E-state index is 0.315. The van der Waals surface area contributed by atoms with E-state index in [2.05, 4.69) is 6.92 Å². The third kappa shape index (κ3) is 16.7. The predicted molar refractivity (Wildman–Crippen MR) is 83.8 cm³/mol. The van der Waals surface area contributed by atoms with Gasteiger partial charge in [-0.3, -0.25) is 0 Å². The fourth-order valence-corrected chi connectivity index (χ4v) is 3.72. The molecule has 0 aromatic heterocycles. The van der Waals surface area contributed by atoms with E-state index in [4.69, 9.17) is 5.11 Å². The highest BCUT2D eigenvalue weighted by Gasteiger charge is 1.93. The van der Waals surface area contributed by atoms with Gasteiger partial charge in [0.2, 0.25) is 0 Å². The van der Waals surface area contributed by atoms with E-state index in [1.165, 1.54) is 70.0 Å². The number of rotatable bonds is 14. The summed E-state index contributed by atoms with van der Waals surface area (Å²) in [6.07, 6.45) is 14.1. The number of hydrogen-bond acceptors (Lipinski definition) is 3. The Labute approximate surface area is 116 Å². The van der Waals surface area contributed by atoms with Crippen LogP contribution < -0.4 is 0 Å². The molecule has 104 valence electrons. The summed E-state index contributed by atoms with van der Waals surface area (Å²) in [5, 5.41) is 8.61. The van der Waals surface area contributed by atoms with Crippen molar-refractivity contribution < 1.29 is 5.11 Å².